The second-order valence-corrected chi connectivity index (χ2v) is 6.80. The summed E-state index contributed by atoms with van der Waals surface area (Å²) in [7, 11) is 0. The van der Waals surface area contributed by atoms with Crippen molar-refractivity contribution in [1.82, 2.24) is 20.7 Å². The van der Waals surface area contributed by atoms with Crippen molar-refractivity contribution in [2.45, 2.75) is 18.9 Å². The quantitative estimate of drug-likeness (QED) is 0.438. The van der Waals surface area contributed by atoms with Crippen LogP contribution in [0.3, 0.4) is 0 Å². The van der Waals surface area contributed by atoms with Crippen LogP contribution in [0.15, 0.2) is 60.8 Å². The molecule has 1 amide bonds. The monoisotopic (exact) mass is 393 g/mol. The van der Waals surface area contributed by atoms with Gasteiger partial charge in [0.2, 0.25) is 0 Å². The van der Waals surface area contributed by atoms with E-state index >= 15 is 0 Å². The Kier molecular flexibility index (Phi) is 6.70. The maximum absolute atomic E-state index is 12.4. The topological polar surface area (TPSA) is 134 Å². The van der Waals surface area contributed by atoms with E-state index < -0.39 is 23.8 Å². The molecule has 0 bridgehead atoms. The lowest BCUT2D eigenvalue weighted by Crippen LogP contribution is -2.40. The molecule has 0 aliphatic carbocycles. The Morgan fingerprint density at radius 1 is 1.07 bits per heavy atom. The van der Waals surface area contributed by atoms with Crippen molar-refractivity contribution >= 4 is 11.9 Å². The van der Waals surface area contributed by atoms with Gasteiger partial charge in [-0.25, -0.2) is 0 Å². The van der Waals surface area contributed by atoms with Crippen molar-refractivity contribution < 1.29 is 14.7 Å². The van der Waals surface area contributed by atoms with E-state index in [9.17, 15) is 14.7 Å². The third kappa shape index (κ3) is 5.49. The zero-order valence-corrected chi connectivity index (χ0v) is 15.8. The van der Waals surface area contributed by atoms with Gasteiger partial charge in [0.25, 0.3) is 5.91 Å². The molecule has 8 nitrogen and oxygen atoms in total. The number of carbonyl (C=O) groups excluding carboxylic acids is 1. The van der Waals surface area contributed by atoms with Gasteiger partial charge in [-0.3, -0.25) is 14.7 Å². The number of carboxylic acid groups (broad SMARTS) is 1. The third-order valence-corrected chi connectivity index (χ3v) is 4.73. The maximum Gasteiger partial charge on any atom is 0.307 e. The molecule has 0 saturated carbocycles. The van der Waals surface area contributed by atoms with Crippen molar-refractivity contribution in [2.75, 3.05) is 6.54 Å². The van der Waals surface area contributed by atoms with Crippen LogP contribution in [0.4, 0.5) is 0 Å². The van der Waals surface area contributed by atoms with Gasteiger partial charge in [0.1, 0.15) is 0 Å². The SMILES string of the molecule is NC[C@H](C[C@@H](Cc1ccc(-c2ccccc2)cc1)NC(=O)c1c[nH]nn1)C(=O)O. The molecule has 0 saturated heterocycles. The number of H-pyrrole nitrogens is 1. The van der Waals surface area contributed by atoms with Crippen LogP contribution in [0.1, 0.15) is 22.5 Å². The number of aromatic amines is 1. The molecule has 1 aromatic heterocycles. The number of nitrogens with one attached hydrogen (secondary N) is 2. The number of carboxylic acids is 1. The summed E-state index contributed by atoms with van der Waals surface area (Å²) >= 11 is 0. The normalized spacial score (nSPS) is 12.9. The van der Waals surface area contributed by atoms with Gasteiger partial charge in [-0.2, -0.15) is 0 Å². The number of aliphatic carboxylic acids is 1. The van der Waals surface area contributed by atoms with Crippen LogP contribution in [0, 0.1) is 5.92 Å². The lowest BCUT2D eigenvalue weighted by molar-refractivity contribution is -0.141. The average Bonchev–Trinajstić information content (AvgIpc) is 3.28. The molecule has 0 radical (unpaired) electrons. The molecule has 5 N–H and O–H groups in total. The van der Waals surface area contributed by atoms with Crippen molar-refractivity contribution in [3.63, 3.8) is 0 Å². The van der Waals surface area contributed by atoms with E-state index in [1.807, 2.05) is 54.6 Å². The van der Waals surface area contributed by atoms with Crippen LogP contribution >= 0.6 is 0 Å². The fraction of sp³-hybridized carbons (Fsp3) is 0.238. The number of carbonyl (C=O) groups is 2. The van der Waals surface area contributed by atoms with Gasteiger partial charge in [-0.1, -0.05) is 59.8 Å². The lowest BCUT2D eigenvalue weighted by atomic mass is 9.94. The minimum Gasteiger partial charge on any atom is -0.481 e. The van der Waals surface area contributed by atoms with Crippen LogP contribution < -0.4 is 11.1 Å². The summed E-state index contributed by atoms with van der Waals surface area (Å²) in [5.41, 5.74) is 8.93. The standard InChI is InChI=1S/C21H23N5O3/c22-12-17(21(28)29)11-18(24-20(27)19-13-23-26-25-19)10-14-6-8-16(9-7-14)15-4-2-1-3-5-15/h1-9,13,17-18H,10-12,22H2,(H,24,27)(H,28,29)(H,23,25,26)/t17-,18+/m0/s1. The van der Waals surface area contributed by atoms with Crippen molar-refractivity contribution in [2.24, 2.45) is 11.7 Å². The molecule has 0 spiro atoms. The van der Waals surface area contributed by atoms with Gasteiger partial charge in [-0.15, -0.1) is 5.10 Å². The fourth-order valence-electron chi connectivity index (χ4n) is 3.15. The zero-order chi connectivity index (χ0) is 20.6. The summed E-state index contributed by atoms with van der Waals surface area (Å²) in [5.74, 6) is -2.14. The number of aromatic nitrogens is 3. The van der Waals surface area contributed by atoms with Gasteiger partial charge >= 0.3 is 5.97 Å². The van der Waals surface area contributed by atoms with E-state index in [-0.39, 0.29) is 18.7 Å². The van der Waals surface area contributed by atoms with Gasteiger partial charge in [0.05, 0.1) is 12.1 Å². The van der Waals surface area contributed by atoms with Crippen LogP contribution in [0.25, 0.3) is 11.1 Å². The van der Waals surface area contributed by atoms with Crippen molar-refractivity contribution in [3.8, 4) is 11.1 Å². The molecule has 0 fully saturated rings. The molecule has 29 heavy (non-hydrogen) atoms. The molecule has 0 unspecified atom stereocenters. The molecule has 0 aliphatic heterocycles. The highest BCUT2D eigenvalue weighted by molar-refractivity contribution is 5.92. The molecular weight excluding hydrogens is 370 g/mol. The van der Waals surface area contributed by atoms with Crippen LogP contribution in [-0.4, -0.2) is 45.0 Å². The number of nitrogens with two attached hydrogens (primary N) is 1. The second kappa shape index (κ2) is 9.61. The van der Waals surface area contributed by atoms with Crippen LogP contribution in [-0.2, 0) is 11.2 Å². The molecule has 3 rings (SSSR count). The first-order valence-electron chi connectivity index (χ1n) is 9.31. The maximum atomic E-state index is 12.4. The van der Waals surface area contributed by atoms with Crippen molar-refractivity contribution in [1.29, 1.82) is 0 Å². The van der Waals surface area contributed by atoms with Crippen molar-refractivity contribution in [3.05, 3.63) is 72.1 Å². The Morgan fingerprint density at radius 3 is 2.34 bits per heavy atom. The predicted octanol–water partition coefficient (Wildman–Crippen LogP) is 1.86. The minimum absolute atomic E-state index is 0.00138. The zero-order valence-electron chi connectivity index (χ0n) is 15.8. The van der Waals surface area contributed by atoms with Crippen LogP contribution in [0.2, 0.25) is 0 Å². The first-order valence-corrected chi connectivity index (χ1v) is 9.31. The highest BCUT2D eigenvalue weighted by Crippen LogP contribution is 2.20. The van der Waals surface area contributed by atoms with E-state index in [0.29, 0.717) is 6.42 Å². The number of benzene rings is 2. The van der Waals surface area contributed by atoms with Crippen LogP contribution in [0.5, 0.6) is 0 Å². The van der Waals surface area contributed by atoms with E-state index in [1.165, 1.54) is 6.20 Å². The Morgan fingerprint density at radius 2 is 1.76 bits per heavy atom. The summed E-state index contributed by atoms with van der Waals surface area (Å²) < 4.78 is 0. The molecular formula is C21H23N5O3. The van der Waals surface area contributed by atoms with Gasteiger partial charge in [-0.05, 0) is 29.5 Å². The number of hydrogen-bond acceptors (Lipinski definition) is 5. The summed E-state index contributed by atoms with van der Waals surface area (Å²) in [6.45, 7) is -0.00138. The lowest BCUT2D eigenvalue weighted by Gasteiger charge is -2.21. The number of amides is 1. The van der Waals surface area contributed by atoms with E-state index in [4.69, 9.17) is 5.73 Å². The number of rotatable bonds is 9. The molecule has 1 heterocycles. The van der Waals surface area contributed by atoms with E-state index in [0.717, 1.165) is 16.7 Å². The van der Waals surface area contributed by atoms with E-state index in [2.05, 4.69) is 20.7 Å². The third-order valence-electron chi connectivity index (χ3n) is 4.73. The molecule has 2 atom stereocenters. The number of hydrogen-bond donors (Lipinski definition) is 4. The molecule has 2 aromatic carbocycles. The van der Waals surface area contributed by atoms with Gasteiger partial charge in [0.15, 0.2) is 5.69 Å². The first kappa shape index (κ1) is 20.2. The van der Waals surface area contributed by atoms with Gasteiger partial charge in [0, 0.05) is 12.6 Å². The molecule has 0 aliphatic rings. The van der Waals surface area contributed by atoms with E-state index in [1.54, 1.807) is 0 Å². The highest BCUT2D eigenvalue weighted by atomic mass is 16.4. The smallest absolute Gasteiger partial charge is 0.307 e. The Hall–Kier alpha value is -3.52. The second-order valence-electron chi connectivity index (χ2n) is 6.80. The highest BCUT2D eigenvalue weighted by Gasteiger charge is 2.24. The first-order chi connectivity index (χ1) is 14.1. The minimum atomic E-state index is -0.979. The summed E-state index contributed by atoms with van der Waals surface area (Å²) in [4.78, 5) is 23.8. The summed E-state index contributed by atoms with van der Waals surface area (Å²) in [6, 6.07) is 17.6. The Balaban J connectivity index is 1.74. The molecule has 3 aromatic rings. The Bertz CT molecular complexity index is 927. The van der Waals surface area contributed by atoms with Gasteiger partial charge < -0.3 is 16.2 Å². The fourth-order valence-corrected chi connectivity index (χ4v) is 3.15. The number of nitrogens with zero attached hydrogens (tertiary/aromatic N) is 2. The predicted molar refractivity (Wildman–Crippen MR) is 108 cm³/mol. The summed E-state index contributed by atoms with van der Waals surface area (Å²) in [5, 5.41) is 21.9. The Labute approximate surface area is 168 Å². The average molecular weight is 393 g/mol. The molecule has 150 valence electrons. The summed E-state index contributed by atoms with van der Waals surface area (Å²) in [6.07, 6.45) is 2.08. The molecule has 8 heteroatoms. The largest absolute Gasteiger partial charge is 0.481 e.